The summed E-state index contributed by atoms with van der Waals surface area (Å²) in [5.74, 6) is -12.2. The predicted molar refractivity (Wildman–Crippen MR) is 290 cm³/mol. The monoisotopic (exact) mass is 1140 g/mol. The number of nitrogens with one attached hydrogen (secondary N) is 9. The standard InChI is InChI=1S/C51H76N12O16S/c1-27(2)20-35(48(76)59-33(44(54)72)17-19-80-4)57-39(66)25-55-46(74)36(22-30-13-15-31(65)16-14-30)61-49(77)37(21-29-10-6-5-7-11-29)62-47(75)34(12-8-9-18-52)60-50(78)38(24-42(70)71)58-40(67)26-56-51(79)43(28(3)64)63-45(73)32(53)23-41(68)69/h5-7,10-11,13-16,27-28,32-38,43,64-65H,8-9,12,17-26,52-53H2,1-4H3,(H2,54,72)(H,55,74)(H,56,79)(H,57,66)(H,58,67)(H,59,76)(H,60,78)(H,61,77)(H,62,75)(H,63,73)(H,68,69)(H,70,71)/t28-,32+,33+,34+,35+,36+,37+,38+,43+/m1/s1. The molecule has 2 aromatic carbocycles. The van der Waals surface area contributed by atoms with Gasteiger partial charge in [0.1, 0.15) is 48.0 Å². The molecule has 0 aromatic heterocycles. The molecule has 2 aromatic rings. The second-order valence-electron chi connectivity index (χ2n) is 19.1. The average Bonchev–Trinajstić information content (AvgIpc) is 3.39. The number of aliphatic carboxylic acids is 2. The minimum absolute atomic E-state index is 0.101. The molecular formula is C51H76N12O16S. The molecule has 19 N–H and O–H groups in total. The second-order valence-corrected chi connectivity index (χ2v) is 20.1. The lowest BCUT2D eigenvalue weighted by molar-refractivity contribution is -0.141. The van der Waals surface area contributed by atoms with E-state index in [4.69, 9.17) is 22.3 Å². The lowest BCUT2D eigenvalue weighted by Gasteiger charge is -2.27. The van der Waals surface area contributed by atoms with Crippen LogP contribution in [0.3, 0.4) is 0 Å². The molecule has 0 aliphatic heterocycles. The molecule has 0 unspecified atom stereocenters. The topological polar surface area (TPSA) is 472 Å². The molecule has 0 saturated carbocycles. The van der Waals surface area contributed by atoms with Gasteiger partial charge in [0.15, 0.2) is 0 Å². The van der Waals surface area contributed by atoms with Crippen LogP contribution in [0.1, 0.15) is 76.8 Å². The number of thioether (sulfide) groups is 1. The van der Waals surface area contributed by atoms with Crippen molar-refractivity contribution in [3.8, 4) is 5.75 Å². The van der Waals surface area contributed by atoms with Crippen molar-refractivity contribution in [1.29, 1.82) is 0 Å². The fourth-order valence-electron chi connectivity index (χ4n) is 7.60. The maximum absolute atomic E-state index is 14.5. The van der Waals surface area contributed by atoms with Gasteiger partial charge in [0.05, 0.1) is 38.1 Å². The molecule has 0 aliphatic rings. The van der Waals surface area contributed by atoms with Gasteiger partial charge in [-0.25, -0.2) is 0 Å². The number of amides is 10. The minimum Gasteiger partial charge on any atom is -0.508 e. The van der Waals surface area contributed by atoms with Gasteiger partial charge in [0.25, 0.3) is 0 Å². The summed E-state index contributed by atoms with van der Waals surface area (Å²) in [6, 6.07) is 2.18. The predicted octanol–water partition coefficient (Wildman–Crippen LogP) is -4.13. The highest BCUT2D eigenvalue weighted by Gasteiger charge is 2.34. The molecular weight excluding hydrogens is 1070 g/mol. The lowest BCUT2D eigenvalue weighted by atomic mass is 10.0. The Morgan fingerprint density at radius 1 is 0.550 bits per heavy atom. The maximum Gasteiger partial charge on any atom is 0.305 e. The highest BCUT2D eigenvalue weighted by molar-refractivity contribution is 7.98. The molecule has 0 bridgehead atoms. The van der Waals surface area contributed by atoms with E-state index in [9.17, 15) is 72.9 Å². The van der Waals surface area contributed by atoms with Crippen molar-refractivity contribution in [2.75, 3.05) is 31.6 Å². The fourth-order valence-corrected chi connectivity index (χ4v) is 8.07. The van der Waals surface area contributed by atoms with E-state index in [1.165, 1.54) is 36.0 Å². The summed E-state index contributed by atoms with van der Waals surface area (Å²) in [5.41, 5.74) is 17.7. The molecule has 28 nitrogen and oxygen atoms in total. The van der Waals surface area contributed by atoms with Crippen molar-refractivity contribution in [2.24, 2.45) is 23.1 Å². The highest BCUT2D eigenvalue weighted by atomic mass is 32.2. The molecule has 80 heavy (non-hydrogen) atoms. The summed E-state index contributed by atoms with van der Waals surface area (Å²) in [6.45, 7) is 3.26. The van der Waals surface area contributed by atoms with Gasteiger partial charge in [-0.3, -0.25) is 57.5 Å². The molecule has 0 aliphatic carbocycles. The number of hydrogen-bond donors (Lipinski definition) is 16. The molecule has 0 saturated heterocycles. The van der Waals surface area contributed by atoms with E-state index in [1.807, 2.05) is 20.1 Å². The Balaban J connectivity index is 2.41. The van der Waals surface area contributed by atoms with Crippen LogP contribution in [0.25, 0.3) is 0 Å². The summed E-state index contributed by atoms with van der Waals surface area (Å²) >= 11 is 1.44. The van der Waals surface area contributed by atoms with Gasteiger partial charge in [0.2, 0.25) is 59.1 Å². The first-order valence-electron chi connectivity index (χ1n) is 25.6. The number of carboxylic acid groups (broad SMARTS) is 2. The number of carbonyl (C=O) groups excluding carboxylic acids is 10. The molecule has 10 amide bonds. The lowest BCUT2D eigenvalue weighted by Crippen LogP contribution is -2.60. The second kappa shape index (κ2) is 35.6. The quantitative estimate of drug-likeness (QED) is 0.0286. The number of aliphatic hydroxyl groups is 1. The molecule has 9 atom stereocenters. The van der Waals surface area contributed by atoms with E-state index < -0.39 is 151 Å². The van der Waals surface area contributed by atoms with E-state index >= 15 is 0 Å². The van der Waals surface area contributed by atoms with Crippen molar-refractivity contribution in [3.05, 3.63) is 65.7 Å². The Hall–Kier alpha value is -7.89. The van der Waals surface area contributed by atoms with Crippen molar-refractivity contribution < 1.29 is 78.0 Å². The van der Waals surface area contributed by atoms with Crippen LogP contribution in [0, 0.1) is 5.92 Å². The van der Waals surface area contributed by atoms with E-state index in [0.29, 0.717) is 23.3 Å². The normalized spacial score (nSPS) is 14.3. The summed E-state index contributed by atoms with van der Waals surface area (Å²) in [7, 11) is 0. The van der Waals surface area contributed by atoms with Crippen LogP contribution in [0.4, 0.5) is 0 Å². The van der Waals surface area contributed by atoms with Gasteiger partial charge in [0, 0.05) is 12.8 Å². The van der Waals surface area contributed by atoms with Crippen LogP contribution >= 0.6 is 11.8 Å². The zero-order valence-electron chi connectivity index (χ0n) is 45.0. The van der Waals surface area contributed by atoms with E-state index in [1.54, 1.807) is 30.3 Å². The third kappa shape index (κ3) is 26.2. The van der Waals surface area contributed by atoms with Crippen LogP contribution in [0.15, 0.2) is 54.6 Å². The summed E-state index contributed by atoms with van der Waals surface area (Å²) in [5, 5.41) is 60.4. The number of carbonyl (C=O) groups is 12. The number of primary amides is 1. The largest absolute Gasteiger partial charge is 0.508 e. The Morgan fingerprint density at radius 2 is 1.04 bits per heavy atom. The number of hydrogen-bond acceptors (Lipinski definition) is 17. The third-order valence-electron chi connectivity index (χ3n) is 11.8. The van der Waals surface area contributed by atoms with Crippen LogP contribution < -0.4 is 65.1 Å². The Bertz CT molecular complexity index is 2440. The van der Waals surface area contributed by atoms with Gasteiger partial charge in [-0.2, -0.15) is 11.8 Å². The number of nitrogens with two attached hydrogens (primary N) is 3. The summed E-state index contributed by atoms with van der Waals surface area (Å²) in [4.78, 5) is 157. The van der Waals surface area contributed by atoms with Crippen molar-refractivity contribution >= 4 is 82.8 Å². The number of phenols is 1. The average molecular weight is 1150 g/mol. The van der Waals surface area contributed by atoms with Gasteiger partial charge in [-0.1, -0.05) is 56.3 Å². The molecule has 0 spiro atoms. The number of phenolic OH excluding ortho intramolecular Hbond substituents is 1. The van der Waals surface area contributed by atoms with Crippen LogP contribution in [0.2, 0.25) is 0 Å². The molecule has 29 heteroatoms. The summed E-state index contributed by atoms with van der Waals surface area (Å²) < 4.78 is 0. The van der Waals surface area contributed by atoms with Gasteiger partial charge in [-0.15, -0.1) is 0 Å². The van der Waals surface area contributed by atoms with Gasteiger partial charge >= 0.3 is 11.9 Å². The van der Waals surface area contributed by atoms with E-state index in [-0.39, 0.29) is 56.7 Å². The van der Waals surface area contributed by atoms with Crippen molar-refractivity contribution in [2.45, 2.75) is 133 Å². The van der Waals surface area contributed by atoms with Gasteiger partial charge in [-0.05, 0) is 86.8 Å². The first-order chi connectivity index (χ1) is 37.7. The van der Waals surface area contributed by atoms with Crippen molar-refractivity contribution in [1.82, 2.24) is 47.9 Å². The first kappa shape index (κ1) is 68.2. The zero-order valence-corrected chi connectivity index (χ0v) is 45.8. The maximum atomic E-state index is 14.5. The number of aromatic hydroxyl groups is 1. The molecule has 442 valence electrons. The SMILES string of the molecule is CSCC[C@H](NC(=O)[C@H](CC(C)C)NC(=O)CNC(=O)[C@H](Cc1ccc(O)cc1)NC(=O)[C@H](Cc1ccccc1)NC(=O)[C@H](CCCCN)NC(=O)[C@H](CC(=O)O)NC(=O)CNC(=O)[C@@H](NC(=O)[C@@H](N)CC(=O)O)[C@@H](C)O)C(N)=O. The van der Waals surface area contributed by atoms with Crippen LogP contribution in [0.5, 0.6) is 5.75 Å². The minimum atomic E-state index is -1.88. The fraction of sp³-hybridized carbons (Fsp3) is 0.529. The number of rotatable bonds is 37. The third-order valence-corrected chi connectivity index (χ3v) is 12.4. The molecule has 0 heterocycles. The number of benzene rings is 2. The molecule has 2 rings (SSSR count). The van der Waals surface area contributed by atoms with Crippen molar-refractivity contribution in [3.63, 3.8) is 0 Å². The Kier molecular flexibility index (Phi) is 30.3. The van der Waals surface area contributed by atoms with E-state index in [0.717, 1.165) is 6.92 Å². The molecule has 0 radical (unpaired) electrons. The highest BCUT2D eigenvalue weighted by Crippen LogP contribution is 2.14. The number of unbranched alkanes of at least 4 members (excludes halogenated alkanes) is 1. The van der Waals surface area contributed by atoms with Crippen LogP contribution in [-0.4, -0.2) is 178 Å². The first-order valence-corrected chi connectivity index (χ1v) is 27.0. The zero-order chi connectivity index (χ0) is 60.1. The Labute approximate surface area is 466 Å². The van der Waals surface area contributed by atoms with Crippen LogP contribution in [-0.2, 0) is 70.4 Å². The summed E-state index contributed by atoms with van der Waals surface area (Å²) in [6.07, 6.45) is -1.19. The smallest absolute Gasteiger partial charge is 0.305 e. The van der Waals surface area contributed by atoms with E-state index in [2.05, 4.69) is 47.9 Å². The number of aliphatic hydroxyl groups excluding tert-OH is 1. The Morgan fingerprint density at radius 3 is 1.56 bits per heavy atom. The van der Waals surface area contributed by atoms with Gasteiger partial charge < -0.3 is 85.5 Å². The number of carboxylic acids is 2. The molecule has 0 fully saturated rings.